The number of amides is 1. The van der Waals surface area contributed by atoms with Gasteiger partial charge in [-0.05, 0) is 25.0 Å². The Kier molecular flexibility index (Phi) is 6.13. The normalized spacial score (nSPS) is 15.6. The van der Waals surface area contributed by atoms with Gasteiger partial charge < -0.3 is 10.9 Å². The number of nitrogens with two attached hydrogens (primary N) is 1. The average Bonchev–Trinajstić information content (AvgIpc) is 3.37. The van der Waals surface area contributed by atoms with Crippen LogP contribution < -0.4 is 11.1 Å². The van der Waals surface area contributed by atoms with E-state index in [9.17, 15) is 13.2 Å². The van der Waals surface area contributed by atoms with Crippen LogP contribution in [-0.4, -0.2) is 60.4 Å². The summed E-state index contributed by atoms with van der Waals surface area (Å²) in [5.74, 6) is -0.602. The van der Waals surface area contributed by atoms with Crippen molar-refractivity contribution >= 4 is 43.8 Å². The monoisotopic (exact) mass is 436 g/mol. The molecule has 2 heterocycles. The first-order chi connectivity index (χ1) is 13.8. The Bertz CT molecular complexity index is 1050. The van der Waals surface area contributed by atoms with Gasteiger partial charge in [-0.15, -0.1) is 0 Å². The molecule has 0 aliphatic carbocycles. The summed E-state index contributed by atoms with van der Waals surface area (Å²) in [4.78, 5) is 17.5. The number of oxime groups is 1. The largest absolute Gasteiger partial charge is 0.409 e. The molecule has 0 atom stereocenters. The summed E-state index contributed by atoms with van der Waals surface area (Å²) in [6.07, 6.45) is 4.48. The van der Waals surface area contributed by atoms with Crippen LogP contribution in [0.2, 0.25) is 0 Å². The maximum Gasteiger partial charge on any atom is 0.278 e. The number of nitrogens with zero attached hydrogens (tertiary/aromatic N) is 4. The fraction of sp³-hybridized carbons (Fsp3) is 0.294. The molecule has 4 N–H and O–H groups in total. The summed E-state index contributed by atoms with van der Waals surface area (Å²) in [7, 11) is -3.35. The minimum absolute atomic E-state index is 0.106. The van der Waals surface area contributed by atoms with Crippen molar-refractivity contribution < 1.29 is 18.4 Å². The highest BCUT2D eigenvalue weighted by Gasteiger charge is 2.20. The van der Waals surface area contributed by atoms with E-state index in [1.165, 1.54) is 18.3 Å². The molecule has 10 nitrogen and oxygen atoms in total. The molecular weight excluding hydrogens is 416 g/mol. The van der Waals surface area contributed by atoms with Crippen molar-refractivity contribution in [2.24, 2.45) is 16.0 Å². The van der Waals surface area contributed by atoms with E-state index < -0.39 is 15.7 Å². The molecule has 29 heavy (non-hydrogen) atoms. The molecule has 1 aromatic heterocycles. The fourth-order valence-electron chi connectivity index (χ4n) is 2.69. The third-order valence-electron chi connectivity index (χ3n) is 4.18. The Morgan fingerprint density at radius 1 is 1.28 bits per heavy atom. The summed E-state index contributed by atoms with van der Waals surface area (Å²) < 4.78 is 23.4. The van der Waals surface area contributed by atoms with Gasteiger partial charge >= 0.3 is 0 Å². The van der Waals surface area contributed by atoms with Crippen LogP contribution in [0.4, 0.5) is 5.13 Å². The molecule has 0 spiro atoms. The highest BCUT2D eigenvalue weighted by atomic mass is 32.2. The quantitative estimate of drug-likeness (QED) is 0.265. The number of anilines is 1. The highest BCUT2D eigenvalue weighted by molar-refractivity contribution is 7.90. The summed E-state index contributed by atoms with van der Waals surface area (Å²) in [6, 6.07) is 5.98. The van der Waals surface area contributed by atoms with Crippen molar-refractivity contribution in [3.8, 4) is 0 Å². The molecule has 1 fully saturated rings. The first-order valence-corrected chi connectivity index (χ1v) is 11.4. The number of amidine groups is 1. The van der Waals surface area contributed by atoms with Crippen molar-refractivity contribution in [3.63, 3.8) is 0 Å². The van der Waals surface area contributed by atoms with Gasteiger partial charge in [-0.1, -0.05) is 28.6 Å². The lowest BCUT2D eigenvalue weighted by molar-refractivity contribution is -0.110. The van der Waals surface area contributed by atoms with Gasteiger partial charge in [0.25, 0.3) is 5.91 Å². The van der Waals surface area contributed by atoms with Gasteiger partial charge in [0.05, 0.1) is 16.0 Å². The molecule has 1 saturated heterocycles. The summed E-state index contributed by atoms with van der Waals surface area (Å²) >= 11 is 1.05. The number of nitrogens with one attached hydrogen (secondary N) is 1. The molecule has 3 rings (SSSR count). The van der Waals surface area contributed by atoms with Gasteiger partial charge in [0.2, 0.25) is 0 Å². The number of carbonyl (C=O) groups excluding carboxylic acids is 1. The Morgan fingerprint density at radius 3 is 2.52 bits per heavy atom. The molecule has 1 aliphatic heterocycles. The zero-order valence-electron chi connectivity index (χ0n) is 15.6. The van der Waals surface area contributed by atoms with Crippen LogP contribution in [0.5, 0.6) is 0 Å². The first-order valence-electron chi connectivity index (χ1n) is 8.67. The van der Waals surface area contributed by atoms with Crippen LogP contribution in [0.25, 0.3) is 0 Å². The number of sulfone groups is 1. The number of benzene rings is 1. The van der Waals surface area contributed by atoms with Gasteiger partial charge in [-0.3, -0.25) is 15.1 Å². The van der Waals surface area contributed by atoms with E-state index in [1.807, 2.05) is 5.01 Å². The summed E-state index contributed by atoms with van der Waals surface area (Å²) in [5, 5.41) is 20.8. The lowest BCUT2D eigenvalue weighted by atomic mass is 10.1. The smallest absolute Gasteiger partial charge is 0.278 e. The predicted molar refractivity (Wildman–Crippen MR) is 110 cm³/mol. The zero-order valence-corrected chi connectivity index (χ0v) is 17.2. The molecule has 0 bridgehead atoms. The SMILES string of the molecule is CS(=O)(=O)c1ccc(/C(=N\N2CCCC2)C(=O)Nc2ncc(/C(N)=N/O)s2)cc1. The fourth-order valence-corrected chi connectivity index (χ4v) is 4.03. The predicted octanol–water partition coefficient (Wildman–Crippen LogP) is 1.08. The molecular formula is C17H20N6O4S2. The molecule has 1 aliphatic rings. The molecule has 0 unspecified atom stereocenters. The van der Waals surface area contributed by atoms with Gasteiger partial charge in [0, 0.05) is 24.9 Å². The third kappa shape index (κ3) is 5.09. The Balaban J connectivity index is 1.89. The second-order valence-corrected chi connectivity index (χ2v) is 9.42. The molecule has 1 aromatic carbocycles. The van der Waals surface area contributed by atoms with E-state index in [1.54, 1.807) is 12.1 Å². The lowest BCUT2D eigenvalue weighted by Crippen LogP contribution is -2.27. The van der Waals surface area contributed by atoms with E-state index in [-0.39, 0.29) is 21.6 Å². The maximum atomic E-state index is 12.9. The maximum absolute atomic E-state index is 12.9. The first kappa shape index (κ1) is 20.7. The van der Waals surface area contributed by atoms with Crippen LogP contribution in [0.1, 0.15) is 23.3 Å². The van der Waals surface area contributed by atoms with E-state index in [0.717, 1.165) is 43.5 Å². The Hall–Kier alpha value is -2.99. The summed E-state index contributed by atoms with van der Waals surface area (Å²) in [6.45, 7) is 1.48. The van der Waals surface area contributed by atoms with Crippen LogP contribution in [0.15, 0.2) is 45.6 Å². The Morgan fingerprint density at radius 2 is 1.93 bits per heavy atom. The number of rotatable bonds is 6. The van der Waals surface area contributed by atoms with E-state index in [0.29, 0.717) is 10.4 Å². The van der Waals surface area contributed by atoms with E-state index in [4.69, 9.17) is 10.9 Å². The number of hydrazone groups is 1. The van der Waals surface area contributed by atoms with Crippen molar-refractivity contribution in [2.75, 3.05) is 24.7 Å². The molecule has 0 saturated carbocycles. The van der Waals surface area contributed by atoms with Gasteiger partial charge in [0.1, 0.15) is 0 Å². The second-order valence-electron chi connectivity index (χ2n) is 6.37. The second kappa shape index (κ2) is 8.57. The molecule has 2 aromatic rings. The van der Waals surface area contributed by atoms with Crippen LogP contribution in [-0.2, 0) is 14.6 Å². The van der Waals surface area contributed by atoms with Crippen LogP contribution >= 0.6 is 11.3 Å². The van der Waals surface area contributed by atoms with Crippen molar-refractivity contribution in [1.29, 1.82) is 0 Å². The van der Waals surface area contributed by atoms with Crippen molar-refractivity contribution in [3.05, 3.63) is 40.9 Å². The lowest BCUT2D eigenvalue weighted by Gasteiger charge is -2.14. The van der Waals surface area contributed by atoms with Gasteiger partial charge in [0.15, 0.2) is 26.5 Å². The summed E-state index contributed by atoms with van der Waals surface area (Å²) in [5.41, 5.74) is 6.15. The number of hydrogen-bond acceptors (Lipinski definition) is 9. The van der Waals surface area contributed by atoms with Crippen molar-refractivity contribution in [2.45, 2.75) is 17.7 Å². The van der Waals surface area contributed by atoms with Gasteiger partial charge in [-0.2, -0.15) is 5.10 Å². The van der Waals surface area contributed by atoms with E-state index >= 15 is 0 Å². The number of aromatic nitrogens is 1. The molecule has 0 radical (unpaired) electrons. The topological polar surface area (TPSA) is 150 Å². The standard InChI is InChI=1S/C17H20N6O4S2/c1-29(26,27)12-6-4-11(5-7-12)14(21-23-8-2-3-9-23)16(24)20-17-19-10-13(28-17)15(18)22-25/h4-7,10,25H,2-3,8-9H2,1H3,(H2,18,22)(H,19,20,24)/b21-14+. The number of thiazole rings is 1. The number of carbonyl (C=O) groups is 1. The van der Waals surface area contributed by atoms with Crippen LogP contribution in [0, 0.1) is 0 Å². The van der Waals surface area contributed by atoms with Crippen molar-refractivity contribution in [1.82, 2.24) is 9.99 Å². The molecule has 1 amide bonds. The highest BCUT2D eigenvalue weighted by Crippen LogP contribution is 2.19. The minimum Gasteiger partial charge on any atom is -0.409 e. The van der Waals surface area contributed by atoms with Gasteiger partial charge in [-0.25, -0.2) is 13.4 Å². The molecule has 154 valence electrons. The third-order valence-corrected chi connectivity index (χ3v) is 6.24. The molecule has 12 heteroatoms. The Labute approximate surface area is 171 Å². The minimum atomic E-state index is -3.35. The average molecular weight is 437 g/mol. The van der Waals surface area contributed by atoms with Crippen LogP contribution in [0.3, 0.4) is 0 Å². The number of hydrogen-bond donors (Lipinski definition) is 3. The zero-order chi connectivity index (χ0) is 21.0. The van der Waals surface area contributed by atoms with E-state index in [2.05, 4.69) is 20.6 Å².